The third-order valence-corrected chi connectivity index (χ3v) is 7.06. The van der Waals surface area contributed by atoms with Crippen LogP contribution < -0.4 is 10.1 Å². The number of ether oxygens (including phenoxy) is 1. The van der Waals surface area contributed by atoms with Gasteiger partial charge >= 0.3 is 0 Å². The largest absolute Gasteiger partial charge is 0.473 e. The number of benzene rings is 2. The van der Waals surface area contributed by atoms with Gasteiger partial charge in [-0.25, -0.2) is 5.06 Å². The van der Waals surface area contributed by atoms with Crippen LogP contribution in [-0.4, -0.2) is 52.3 Å². The molecule has 2 heterocycles. The number of amides is 3. The van der Waals surface area contributed by atoms with Gasteiger partial charge in [-0.05, 0) is 36.5 Å². The molecule has 9 heteroatoms. The number of aromatic nitrogens is 1. The molecule has 41 heavy (non-hydrogen) atoms. The topological polar surface area (TPSA) is 101 Å². The van der Waals surface area contributed by atoms with Gasteiger partial charge in [-0.3, -0.25) is 19.2 Å². The van der Waals surface area contributed by atoms with Crippen LogP contribution >= 0.6 is 0 Å². The van der Waals surface area contributed by atoms with E-state index in [9.17, 15) is 14.4 Å². The van der Waals surface area contributed by atoms with Crippen molar-refractivity contribution in [3.63, 3.8) is 0 Å². The van der Waals surface area contributed by atoms with Crippen molar-refractivity contribution < 1.29 is 24.0 Å². The van der Waals surface area contributed by atoms with E-state index in [1.165, 1.54) is 5.06 Å². The Bertz CT molecular complexity index is 1260. The van der Waals surface area contributed by atoms with Gasteiger partial charge in [0.15, 0.2) is 0 Å². The Hall–Kier alpha value is -4.24. The summed E-state index contributed by atoms with van der Waals surface area (Å²) in [6, 6.07) is 23.9. The number of carbonyl (C=O) groups is 3. The number of rotatable bonds is 15. The first kappa shape index (κ1) is 29.7. The third kappa shape index (κ3) is 8.88. The molecule has 0 radical (unpaired) electrons. The van der Waals surface area contributed by atoms with Crippen molar-refractivity contribution in [2.45, 2.75) is 58.3 Å². The van der Waals surface area contributed by atoms with Crippen LogP contribution in [0.3, 0.4) is 0 Å². The van der Waals surface area contributed by atoms with Crippen molar-refractivity contribution in [3.05, 3.63) is 90.0 Å². The number of hydrogen-bond donors (Lipinski definition) is 1. The van der Waals surface area contributed by atoms with E-state index < -0.39 is 12.0 Å². The summed E-state index contributed by atoms with van der Waals surface area (Å²) in [6.07, 6.45) is 4.23. The van der Waals surface area contributed by atoms with Crippen LogP contribution in [-0.2, 0) is 32.4 Å². The lowest BCUT2D eigenvalue weighted by Gasteiger charge is -2.30. The van der Waals surface area contributed by atoms with E-state index in [0.717, 1.165) is 30.4 Å². The quantitative estimate of drug-likeness (QED) is 0.208. The summed E-state index contributed by atoms with van der Waals surface area (Å²) in [6.45, 7) is 3.26. The SMILES string of the molecule is CCCC[C@H](CN(C=O)OCc1ccccc1)C(=O)N1CCC[C@H]1C(=O)Nc1cccc(OCc2ccccc2)n1. The predicted molar refractivity (Wildman–Crippen MR) is 155 cm³/mol. The lowest BCUT2D eigenvalue weighted by atomic mass is 9.99. The molecule has 0 bridgehead atoms. The number of hydrogen-bond acceptors (Lipinski definition) is 6. The highest BCUT2D eigenvalue weighted by Crippen LogP contribution is 2.24. The van der Waals surface area contributed by atoms with Crippen molar-refractivity contribution in [3.8, 4) is 5.88 Å². The van der Waals surface area contributed by atoms with Gasteiger partial charge in [-0.1, -0.05) is 86.5 Å². The summed E-state index contributed by atoms with van der Waals surface area (Å²) in [7, 11) is 0. The fourth-order valence-corrected chi connectivity index (χ4v) is 4.86. The van der Waals surface area contributed by atoms with Gasteiger partial charge < -0.3 is 15.0 Å². The molecule has 1 aliphatic heterocycles. The van der Waals surface area contributed by atoms with Crippen LogP contribution in [0.2, 0.25) is 0 Å². The van der Waals surface area contributed by atoms with E-state index in [1.54, 1.807) is 23.1 Å². The maximum Gasteiger partial charge on any atom is 0.248 e. The number of hydroxylamine groups is 2. The molecule has 1 N–H and O–H groups in total. The fraction of sp³-hybridized carbons (Fsp3) is 0.375. The molecule has 3 aromatic rings. The van der Waals surface area contributed by atoms with Crippen molar-refractivity contribution in [1.82, 2.24) is 14.9 Å². The van der Waals surface area contributed by atoms with Crippen LogP contribution in [0.4, 0.5) is 5.82 Å². The van der Waals surface area contributed by atoms with Crippen molar-refractivity contribution in [1.29, 1.82) is 0 Å². The van der Waals surface area contributed by atoms with Crippen LogP contribution in [0.5, 0.6) is 5.88 Å². The van der Waals surface area contributed by atoms with Gasteiger partial charge in [0.25, 0.3) is 0 Å². The minimum atomic E-state index is -0.614. The Morgan fingerprint density at radius 1 is 1.02 bits per heavy atom. The molecule has 3 amide bonds. The molecule has 0 unspecified atom stereocenters. The normalized spacial score (nSPS) is 15.2. The summed E-state index contributed by atoms with van der Waals surface area (Å²) < 4.78 is 5.79. The second kappa shape index (κ2) is 15.5. The monoisotopic (exact) mass is 558 g/mol. The number of carbonyl (C=O) groups excluding carboxylic acids is 3. The standard InChI is InChI=1S/C32H38N4O5/c1-2-3-16-27(21-35(24-37)41-23-26-14-8-5-9-15-26)32(39)36-20-11-17-28(36)31(38)34-29-18-10-19-30(33-29)40-22-25-12-6-4-7-13-25/h4-10,12-15,18-19,24,27-28H,2-3,11,16-17,20-23H2,1H3,(H,33,34,38)/t27-,28+/m1/s1. The lowest BCUT2D eigenvalue weighted by Crippen LogP contribution is -2.47. The van der Waals surface area contributed by atoms with Crippen LogP contribution in [0.25, 0.3) is 0 Å². The molecule has 2 atom stereocenters. The number of anilines is 1. The molecular weight excluding hydrogens is 520 g/mol. The zero-order valence-corrected chi connectivity index (χ0v) is 23.5. The first-order valence-electron chi connectivity index (χ1n) is 14.2. The van der Waals surface area contributed by atoms with E-state index in [2.05, 4.69) is 17.2 Å². The molecule has 1 saturated heterocycles. The number of pyridine rings is 1. The molecule has 1 fully saturated rings. The van der Waals surface area contributed by atoms with Crippen LogP contribution in [0.15, 0.2) is 78.9 Å². The minimum absolute atomic E-state index is 0.127. The molecule has 4 rings (SSSR count). The Kier molecular flexibility index (Phi) is 11.3. The highest BCUT2D eigenvalue weighted by atomic mass is 16.7. The highest BCUT2D eigenvalue weighted by molar-refractivity contribution is 5.97. The smallest absolute Gasteiger partial charge is 0.248 e. The Balaban J connectivity index is 1.37. The van der Waals surface area contributed by atoms with Gasteiger partial charge in [0.1, 0.15) is 25.1 Å². The summed E-state index contributed by atoms with van der Waals surface area (Å²) in [4.78, 5) is 50.6. The first-order valence-corrected chi connectivity index (χ1v) is 14.2. The second-order valence-electron chi connectivity index (χ2n) is 10.1. The second-order valence-corrected chi connectivity index (χ2v) is 10.1. The molecule has 2 aromatic carbocycles. The van der Waals surface area contributed by atoms with Gasteiger partial charge in [0, 0.05) is 12.6 Å². The summed E-state index contributed by atoms with van der Waals surface area (Å²) in [5.74, 6) is -0.138. The Morgan fingerprint density at radius 2 is 1.73 bits per heavy atom. The van der Waals surface area contributed by atoms with E-state index in [-0.39, 0.29) is 25.0 Å². The molecule has 0 spiro atoms. The van der Waals surface area contributed by atoms with Gasteiger partial charge in [-0.15, -0.1) is 0 Å². The summed E-state index contributed by atoms with van der Waals surface area (Å²) in [5.41, 5.74) is 1.94. The molecular formula is C32H38N4O5. The number of likely N-dealkylation sites (tertiary alicyclic amines) is 1. The maximum absolute atomic E-state index is 13.7. The molecule has 216 valence electrons. The number of nitrogens with one attached hydrogen (secondary N) is 1. The number of unbranched alkanes of at least 4 members (excludes halogenated alkanes) is 1. The summed E-state index contributed by atoms with van der Waals surface area (Å²) >= 11 is 0. The molecule has 1 aliphatic rings. The lowest BCUT2D eigenvalue weighted by molar-refractivity contribution is -0.183. The minimum Gasteiger partial charge on any atom is -0.473 e. The van der Waals surface area contributed by atoms with Crippen molar-refractivity contribution >= 4 is 24.0 Å². The molecule has 0 saturated carbocycles. The maximum atomic E-state index is 13.7. The van der Waals surface area contributed by atoms with Crippen LogP contribution in [0.1, 0.15) is 50.2 Å². The Labute approximate surface area is 241 Å². The average molecular weight is 559 g/mol. The predicted octanol–water partition coefficient (Wildman–Crippen LogP) is 4.99. The summed E-state index contributed by atoms with van der Waals surface area (Å²) in [5, 5.41) is 4.06. The number of nitrogens with zero attached hydrogens (tertiary/aromatic N) is 3. The fourth-order valence-electron chi connectivity index (χ4n) is 4.86. The molecule has 0 aliphatic carbocycles. The average Bonchev–Trinajstić information content (AvgIpc) is 3.51. The van der Waals surface area contributed by atoms with Gasteiger partial charge in [0.2, 0.25) is 24.1 Å². The highest BCUT2D eigenvalue weighted by Gasteiger charge is 2.37. The zero-order valence-electron chi connectivity index (χ0n) is 23.5. The van der Waals surface area contributed by atoms with Crippen molar-refractivity contribution in [2.75, 3.05) is 18.4 Å². The van der Waals surface area contributed by atoms with E-state index in [1.807, 2.05) is 60.7 Å². The molecule has 1 aromatic heterocycles. The van der Waals surface area contributed by atoms with Gasteiger partial charge in [0.05, 0.1) is 12.5 Å². The van der Waals surface area contributed by atoms with Crippen LogP contribution in [0, 0.1) is 5.92 Å². The van der Waals surface area contributed by atoms with E-state index >= 15 is 0 Å². The van der Waals surface area contributed by atoms with E-state index in [0.29, 0.717) is 44.1 Å². The van der Waals surface area contributed by atoms with Crippen molar-refractivity contribution in [2.24, 2.45) is 5.92 Å². The van der Waals surface area contributed by atoms with Gasteiger partial charge in [-0.2, -0.15) is 4.98 Å². The first-order chi connectivity index (χ1) is 20.1. The Morgan fingerprint density at radius 3 is 2.41 bits per heavy atom. The zero-order chi connectivity index (χ0) is 28.9. The van der Waals surface area contributed by atoms with E-state index in [4.69, 9.17) is 9.57 Å². The molecule has 9 nitrogen and oxygen atoms in total. The third-order valence-electron chi connectivity index (χ3n) is 7.06.